The number of alkyl halides is 3. The lowest BCUT2D eigenvalue weighted by Gasteiger charge is -2.34. The van der Waals surface area contributed by atoms with Crippen molar-refractivity contribution in [1.29, 1.82) is 0 Å². The molecular formula is C20H18ClF3N2O2. The third kappa shape index (κ3) is 4.09. The number of amides is 1. The van der Waals surface area contributed by atoms with Gasteiger partial charge in [-0.1, -0.05) is 29.8 Å². The molecule has 2 aromatic carbocycles. The van der Waals surface area contributed by atoms with Crippen LogP contribution in [0.4, 0.5) is 23.7 Å². The number of nitrogen functional groups attached to an aromatic ring is 1. The number of carbonyl (C=O) groups excluding carboxylic acids is 1. The van der Waals surface area contributed by atoms with Crippen LogP contribution in [0.2, 0.25) is 5.02 Å². The number of halogens is 4. The molecule has 1 amide bonds. The van der Waals surface area contributed by atoms with Gasteiger partial charge in [-0.25, -0.2) is 4.79 Å². The van der Waals surface area contributed by atoms with Crippen LogP contribution >= 0.6 is 11.6 Å². The Labute approximate surface area is 165 Å². The highest BCUT2D eigenvalue weighted by atomic mass is 35.5. The van der Waals surface area contributed by atoms with Gasteiger partial charge in [0.05, 0.1) is 18.7 Å². The Morgan fingerprint density at radius 2 is 1.89 bits per heavy atom. The van der Waals surface area contributed by atoms with Crippen molar-refractivity contribution in [3.05, 3.63) is 70.3 Å². The van der Waals surface area contributed by atoms with E-state index in [-0.39, 0.29) is 0 Å². The third-order valence-corrected chi connectivity index (χ3v) is 4.90. The number of methoxy groups -OCH3 is 1. The zero-order valence-electron chi connectivity index (χ0n) is 15.0. The first kappa shape index (κ1) is 20.1. The summed E-state index contributed by atoms with van der Waals surface area (Å²) in [5.41, 5.74) is 8.00. The maximum atomic E-state index is 12.9. The number of nitrogens with zero attached hydrogens (tertiary/aromatic N) is 1. The van der Waals surface area contributed by atoms with Crippen molar-refractivity contribution in [2.75, 3.05) is 19.4 Å². The van der Waals surface area contributed by atoms with Crippen LogP contribution in [0.3, 0.4) is 0 Å². The monoisotopic (exact) mass is 410 g/mol. The van der Waals surface area contributed by atoms with E-state index in [1.807, 2.05) is 6.08 Å². The van der Waals surface area contributed by atoms with Gasteiger partial charge in [0.15, 0.2) is 0 Å². The minimum absolute atomic E-state index is 0.330. The van der Waals surface area contributed by atoms with Crippen LogP contribution in [-0.2, 0) is 10.9 Å². The summed E-state index contributed by atoms with van der Waals surface area (Å²) in [6.45, 7) is 0.330. The fraction of sp³-hybridized carbons (Fsp3) is 0.250. The maximum absolute atomic E-state index is 12.9. The molecule has 0 fully saturated rings. The van der Waals surface area contributed by atoms with Crippen molar-refractivity contribution in [1.82, 2.24) is 4.90 Å². The minimum Gasteiger partial charge on any atom is -0.453 e. The van der Waals surface area contributed by atoms with Crippen LogP contribution in [0.15, 0.2) is 48.5 Å². The first-order chi connectivity index (χ1) is 13.2. The number of anilines is 1. The number of carbonyl (C=O) groups is 1. The third-order valence-electron chi connectivity index (χ3n) is 4.67. The largest absolute Gasteiger partial charge is 0.453 e. The zero-order chi connectivity index (χ0) is 20.5. The predicted molar refractivity (Wildman–Crippen MR) is 102 cm³/mol. The molecule has 0 aromatic heterocycles. The molecule has 1 unspecified atom stereocenters. The second-order valence-electron chi connectivity index (χ2n) is 6.40. The van der Waals surface area contributed by atoms with Crippen LogP contribution < -0.4 is 5.73 Å². The smallest absolute Gasteiger partial charge is 0.416 e. The maximum Gasteiger partial charge on any atom is 0.416 e. The Morgan fingerprint density at radius 3 is 2.50 bits per heavy atom. The Bertz CT molecular complexity index is 911. The van der Waals surface area contributed by atoms with Gasteiger partial charge < -0.3 is 10.5 Å². The van der Waals surface area contributed by atoms with Gasteiger partial charge in [-0.2, -0.15) is 13.2 Å². The van der Waals surface area contributed by atoms with E-state index < -0.39 is 23.9 Å². The molecule has 1 aliphatic rings. The Balaban J connectivity index is 2.04. The highest BCUT2D eigenvalue weighted by molar-refractivity contribution is 6.30. The molecule has 4 nitrogen and oxygen atoms in total. The molecule has 2 N–H and O–H groups in total. The summed E-state index contributed by atoms with van der Waals surface area (Å²) < 4.78 is 43.4. The molecule has 1 atom stereocenters. The fourth-order valence-corrected chi connectivity index (χ4v) is 3.41. The fourth-order valence-electron chi connectivity index (χ4n) is 3.24. The van der Waals surface area contributed by atoms with Crippen LogP contribution in [0, 0.1) is 0 Å². The second-order valence-corrected chi connectivity index (χ2v) is 6.84. The molecule has 3 rings (SSSR count). The first-order valence-electron chi connectivity index (χ1n) is 8.48. The predicted octanol–water partition coefficient (Wildman–Crippen LogP) is 5.54. The van der Waals surface area contributed by atoms with E-state index >= 15 is 0 Å². The van der Waals surface area contributed by atoms with E-state index in [1.54, 1.807) is 18.2 Å². The molecule has 28 heavy (non-hydrogen) atoms. The van der Waals surface area contributed by atoms with Crippen molar-refractivity contribution >= 4 is 29.0 Å². The SMILES string of the molecule is COC(=O)N1CCC(c2cc(Cl)ccc2N)=CC1c1ccc(C(F)(F)F)cc1. The molecule has 0 saturated carbocycles. The van der Waals surface area contributed by atoms with Crippen LogP contribution in [-0.4, -0.2) is 24.6 Å². The molecule has 1 heterocycles. The minimum atomic E-state index is -4.43. The average Bonchev–Trinajstić information content (AvgIpc) is 2.68. The Hall–Kier alpha value is -2.67. The molecule has 1 aliphatic heterocycles. The van der Waals surface area contributed by atoms with Crippen LogP contribution in [0.1, 0.15) is 29.2 Å². The number of ether oxygens (including phenoxy) is 1. The van der Waals surface area contributed by atoms with Gasteiger partial charge in [0.1, 0.15) is 0 Å². The lowest BCUT2D eigenvalue weighted by molar-refractivity contribution is -0.137. The molecular weight excluding hydrogens is 393 g/mol. The summed E-state index contributed by atoms with van der Waals surface area (Å²) in [4.78, 5) is 13.7. The highest BCUT2D eigenvalue weighted by Gasteiger charge is 2.32. The van der Waals surface area contributed by atoms with Crippen LogP contribution in [0.5, 0.6) is 0 Å². The molecule has 0 saturated heterocycles. The number of hydrogen-bond donors (Lipinski definition) is 1. The molecule has 148 valence electrons. The van der Waals surface area contributed by atoms with Crippen molar-refractivity contribution in [2.24, 2.45) is 0 Å². The summed E-state index contributed by atoms with van der Waals surface area (Å²) in [7, 11) is 1.26. The molecule has 8 heteroatoms. The topological polar surface area (TPSA) is 55.6 Å². The highest BCUT2D eigenvalue weighted by Crippen LogP contribution is 2.37. The zero-order valence-corrected chi connectivity index (χ0v) is 15.7. The van der Waals surface area contributed by atoms with E-state index in [0.29, 0.717) is 29.2 Å². The van der Waals surface area contributed by atoms with Gasteiger partial charge in [0.25, 0.3) is 0 Å². The van der Waals surface area contributed by atoms with E-state index in [4.69, 9.17) is 22.1 Å². The normalized spacial score (nSPS) is 17.2. The second kappa shape index (κ2) is 7.75. The standard InChI is InChI=1S/C20H18ClF3N2O2/c1-28-19(27)26-9-8-13(16-11-15(21)6-7-17(16)25)10-18(26)12-2-4-14(5-3-12)20(22,23)24/h2-7,10-11,18H,8-9,25H2,1H3. The average molecular weight is 411 g/mol. The van der Waals surface area contributed by atoms with Crippen molar-refractivity contribution in [3.8, 4) is 0 Å². The number of benzene rings is 2. The van der Waals surface area contributed by atoms with Gasteiger partial charge in [-0.05, 0) is 47.9 Å². The van der Waals surface area contributed by atoms with Gasteiger partial charge >= 0.3 is 12.3 Å². The van der Waals surface area contributed by atoms with E-state index in [9.17, 15) is 18.0 Å². The number of rotatable bonds is 2. The summed E-state index contributed by atoms with van der Waals surface area (Å²) in [5, 5.41) is 0.520. The molecule has 0 spiro atoms. The van der Waals surface area contributed by atoms with Crippen molar-refractivity contribution in [2.45, 2.75) is 18.6 Å². The van der Waals surface area contributed by atoms with E-state index in [0.717, 1.165) is 23.3 Å². The first-order valence-corrected chi connectivity index (χ1v) is 8.86. The van der Waals surface area contributed by atoms with Crippen molar-refractivity contribution < 1.29 is 22.7 Å². The van der Waals surface area contributed by atoms with Gasteiger partial charge in [0.2, 0.25) is 0 Å². The lowest BCUT2D eigenvalue weighted by atomic mass is 9.91. The molecule has 2 aromatic rings. The van der Waals surface area contributed by atoms with Gasteiger partial charge in [0, 0.05) is 22.8 Å². The van der Waals surface area contributed by atoms with Gasteiger partial charge in [-0.15, -0.1) is 0 Å². The number of hydrogen-bond acceptors (Lipinski definition) is 3. The molecule has 0 aliphatic carbocycles. The summed E-state index contributed by atoms with van der Waals surface area (Å²) in [6.07, 6.45) is -2.66. The summed E-state index contributed by atoms with van der Waals surface area (Å²) in [5.74, 6) is 0. The van der Waals surface area contributed by atoms with Gasteiger partial charge in [-0.3, -0.25) is 4.90 Å². The van der Waals surface area contributed by atoms with E-state index in [1.165, 1.54) is 24.1 Å². The number of nitrogens with two attached hydrogens (primary N) is 1. The van der Waals surface area contributed by atoms with E-state index in [2.05, 4.69) is 0 Å². The lowest BCUT2D eigenvalue weighted by Crippen LogP contribution is -2.37. The van der Waals surface area contributed by atoms with Crippen molar-refractivity contribution in [3.63, 3.8) is 0 Å². The van der Waals surface area contributed by atoms with Crippen LogP contribution in [0.25, 0.3) is 5.57 Å². The quantitative estimate of drug-likeness (QED) is 0.661. The molecule has 0 bridgehead atoms. The Morgan fingerprint density at radius 1 is 1.21 bits per heavy atom. The summed E-state index contributed by atoms with van der Waals surface area (Å²) in [6, 6.07) is 9.25. The Kier molecular flexibility index (Phi) is 5.56. The summed E-state index contributed by atoms with van der Waals surface area (Å²) >= 11 is 6.08. The molecule has 0 radical (unpaired) electrons.